The number of nitrogens with zero attached hydrogens (tertiary/aromatic N) is 3. The van der Waals surface area contributed by atoms with Crippen LogP contribution in [0.4, 0.5) is 0 Å². The van der Waals surface area contributed by atoms with E-state index in [4.69, 9.17) is 9.73 Å². The summed E-state index contributed by atoms with van der Waals surface area (Å²) in [6.07, 6.45) is 3.77. The lowest BCUT2D eigenvalue weighted by Crippen LogP contribution is -2.13. The first kappa shape index (κ1) is 18.1. The monoisotopic (exact) mass is 397 g/mol. The van der Waals surface area contributed by atoms with E-state index in [1.54, 1.807) is 35.2 Å². The third-order valence-corrected chi connectivity index (χ3v) is 5.14. The third kappa shape index (κ3) is 3.72. The van der Waals surface area contributed by atoms with E-state index in [0.717, 1.165) is 23.2 Å². The summed E-state index contributed by atoms with van der Waals surface area (Å²) in [6, 6.07) is 9.72. The average Bonchev–Trinajstić information content (AvgIpc) is 3.41. The maximum absolute atomic E-state index is 10.3. The van der Waals surface area contributed by atoms with Crippen LogP contribution in [0.5, 0.6) is 23.0 Å². The molecule has 0 atom stereocenters. The molecule has 0 aliphatic heterocycles. The van der Waals surface area contributed by atoms with Gasteiger partial charge in [-0.3, -0.25) is 4.99 Å². The summed E-state index contributed by atoms with van der Waals surface area (Å²) in [5.74, 6) is 0.372. The SMILES string of the molecule is COc1cc(C=Nn2c(-c3ccc(O)cc3O)csc2=NC2CC2)ccc1O. The number of benzene rings is 2. The van der Waals surface area contributed by atoms with E-state index in [2.05, 4.69) is 5.10 Å². The smallest absolute Gasteiger partial charge is 0.206 e. The number of aromatic hydroxyl groups is 3. The van der Waals surface area contributed by atoms with Crippen molar-refractivity contribution in [2.45, 2.75) is 18.9 Å². The Kier molecular flexibility index (Phi) is 4.79. The van der Waals surface area contributed by atoms with Gasteiger partial charge < -0.3 is 20.1 Å². The zero-order chi connectivity index (χ0) is 19.7. The van der Waals surface area contributed by atoms with Crippen molar-refractivity contribution >= 4 is 17.6 Å². The van der Waals surface area contributed by atoms with Gasteiger partial charge in [0.05, 0.1) is 25.1 Å². The molecule has 4 rings (SSSR count). The van der Waals surface area contributed by atoms with Crippen molar-refractivity contribution in [1.29, 1.82) is 0 Å². The zero-order valence-electron chi connectivity index (χ0n) is 15.1. The highest BCUT2D eigenvalue weighted by Crippen LogP contribution is 2.33. The molecule has 1 saturated carbocycles. The second kappa shape index (κ2) is 7.40. The lowest BCUT2D eigenvalue weighted by atomic mass is 10.1. The van der Waals surface area contributed by atoms with Crippen LogP contribution in [0.3, 0.4) is 0 Å². The highest BCUT2D eigenvalue weighted by Gasteiger charge is 2.21. The fourth-order valence-corrected chi connectivity index (χ4v) is 3.58. The molecule has 1 fully saturated rings. The largest absolute Gasteiger partial charge is 0.508 e. The van der Waals surface area contributed by atoms with Gasteiger partial charge in [-0.15, -0.1) is 11.3 Å². The second-order valence-corrected chi connectivity index (χ2v) is 7.29. The van der Waals surface area contributed by atoms with Gasteiger partial charge in [-0.1, -0.05) is 0 Å². The number of methoxy groups -OCH3 is 1. The Morgan fingerprint density at radius 2 is 1.93 bits per heavy atom. The van der Waals surface area contributed by atoms with Crippen LogP contribution in [-0.2, 0) is 0 Å². The third-order valence-electron chi connectivity index (χ3n) is 4.31. The van der Waals surface area contributed by atoms with Crippen LogP contribution in [-0.4, -0.2) is 39.4 Å². The molecule has 3 aromatic rings. The Morgan fingerprint density at radius 3 is 2.64 bits per heavy atom. The van der Waals surface area contributed by atoms with E-state index < -0.39 is 0 Å². The molecule has 0 radical (unpaired) electrons. The van der Waals surface area contributed by atoms with Crippen LogP contribution in [0.2, 0.25) is 0 Å². The number of aromatic nitrogens is 1. The lowest BCUT2D eigenvalue weighted by Gasteiger charge is -2.07. The zero-order valence-corrected chi connectivity index (χ0v) is 15.9. The molecule has 144 valence electrons. The summed E-state index contributed by atoms with van der Waals surface area (Å²) < 4.78 is 6.81. The summed E-state index contributed by atoms with van der Waals surface area (Å²) in [6.45, 7) is 0. The van der Waals surface area contributed by atoms with Gasteiger partial charge in [0.15, 0.2) is 11.5 Å². The van der Waals surface area contributed by atoms with Crippen LogP contribution in [0.1, 0.15) is 18.4 Å². The molecule has 1 heterocycles. The molecule has 2 aromatic carbocycles. The Hall–Kier alpha value is -3.26. The summed E-state index contributed by atoms with van der Waals surface area (Å²) in [5, 5.41) is 36.0. The summed E-state index contributed by atoms with van der Waals surface area (Å²) in [7, 11) is 1.49. The predicted molar refractivity (Wildman–Crippen MR) is 107 cm³/mol. The number of thiazole rings is 1. The van der Waals surface area contributed by atoms with Crippen LogP contribution in [0, 0.1) is 0 Å². The highest BCUT2D eigenvalue weighted by atomic mass is 32.1. The van der Waals surface area contributed by atoms with Gasteiger partial charge in [0, 0.05) is 17.0 Å². The van der Waals surface area contributed by atoms with Gasteiger partial charge in [-0.05, 0) is 48.7 Å². The molecule has 0 unspecified atom stereocenters. The standard InChI is InChI=1S/C20H19N3O4S/c1-27-19-8-12(2-7-17(19)25)10-21-23-16(11-28-20(23)22-13-3-4-13)15-6-5-14(24)9-18(15)26/h2,5-11,13,24-26H,3-4H2,1H3. The molecule has 3 N–H and O–H groups in total. The van der Waals surface area contributed by atoms with Crippen molar-refractivity contribution < 1.29 is 20.1 Å². The number of ether oxygens (including phenoxy) is 1. The van der Waals surface area contributed by atoms with Crippen LogP contribution < -0.4 is 9.54 Å². The van der Waals surface area contributed by atoms with E-state index >= 15 is 0 Å². The number of hydrogen-bond acceptors (Lipinski definition) is 7. The fourth-order valence-electron chi connectivity index (χ4n) is 2.68. The molecule has 0 amide bonds. The normalized spacial score (nSPS) is 14.7. The number of hydrogen-bond donors (Lipinski definition) is 3. The maximum Gasteiger partial charge on any atom is 0.206 e. The van der Waals surface area contributed by atoms with Gasteiger partial charge >= 0.3 is 0 Å². The van der Waals surface area contributed by atoms with Crippen molar-refractivity contribution in [1.82, 2.24) is 4.68 Å². The quantitative estimate of drug-likeness (QED) is 0.575. The van der Waals surface area contributed by atoms with Crippen molar-refractivity contribution in [3.8, 4) is 34.3 Å². The highest BCUT2D eigenvalue weighted by molar-refractivity contribution is 7.07. The summed E-state index contributed by atoms with van der Waals surface area (Å²) >= 11 is 1.44. The van der Waals surface area contributed by atoms with E-state index in [1.165, 1.54) is 30.6 Å². The maximum atomic E-state index is 10.3. The molecular weight excluding hydrogens is 378 g/mol. The Bertz CT molecular complexity index is 1110. The molecule has 1 aliphatic rings. The van der Waals surface area contributed by atoms with Gasteiger partial charge in [0.1, 0.15) is 11.5 Å². The predicted octanol–water partition coefficient (Wildman–Crippen LogP) is 3.29. The number of rotatable bonds is 5. The topological polar surface area (TPSA) is 99.6 Å². The summed E-state index contributed by atoms with van der Waals surface area (Å²) in [5.41, 5.74) is 1.96. The molecule has 0 bridgehead atoms. The molecule has 7 nitrogen and oxygen atoms in total. The van der Waals surface area contributed by atoms with E-state index in [0.29, 0.717) is 23.0 Å². The van der Waals surface area contributed by atoms with Gasteiger partial charge in [0.2, 0.25) is 4.80 Å². The lowest BCUT2D eigenvalue weighted by molar-refractivity contribution is 0.373. The number of phenols is 3. The molecule has 0 saturated heterocycles. The molecule has 28 heavy (non-hydrogen) atoms. The Labute approximate surface area is 165 Å². The summed E-state index contributed by atoms with van der Waals surface area (Å²) in [4.78, 5) is 5.42. The van der Waals surface area contributed by atoms with Crippen LogP contribution in [0.15, 0.2) is 51.9 Å². The van der Waals surface area contributed by atoms with Crippen molar-refractivity contribution in [2.75, 3.05) is 7.11 Å². The second-order valence-electron chi connectivity index (χ2n) is 6.45. The minimum atomic E-state index is -0.0361. The molecule has 0 spiro atoms. The fraction of sp³-hybridized carbons (Fsp3) is 0.200. The first-order valence-corrected chi connectivity index (χ1v) is 9.61. The van der Waals surface area contributed by atoms with Crippen molar-refractivity contribution in [3.63, 3.8) is 0 Å². The molecule has 1 aromatic heterocycles. The van der Waals surface area contributed by atoms with Crippen LogP contribution >= 0.6 is 11.3 Å². The first-order chi connectivity index (χ1) is 13.5. The molecular formula is C20H19N3O4S. The first-order valence-electron chi connectivity index (χ1n) is 8.73. The minimum Gasteiger partial charge on any atom is -0.508 e. The molecule has 1 aliphatic carbocycles. The van der Waals surface area contributed by atoms with E-state index in [9.17, 15) is 15.3 Å². The van der Waals surface area contributed by atoms with Crippen molar-refractivity contribution in [2.24, 2.45) is 10.1 Å². The molecule has 8 heteroatoms. The Morgan fingerprint density at radius 1 is 1.11 bits per heavy atom. The van der Waals surface area contributed by atoms with Gasteiger partial charge in [-0.25, -0.2) is 4.68 Å². The average molecular weight is 397 g/mol. The van der Waals surface area contributed by atoms with Gasteiger partial charge in [-0.2, -0.15) is 5.10 Å². The minimum absolute atomic E-state index is 0.00869. The van der Waals surface area contributed by atoms with E-state index in [-0.39, 0.29) is 17.2 Å². The number of phenolic OH excluding ortho intramolecular Hbond substituents is 3. The van der Waals surface area contributed by atoms with Crippen molar-refractivity contribution in [3.05, 3.63) is 52.1 Å². The van der Waals surface area contributed by atoms with E-state index in [1.807, 2.05) is 5.38 Å². The van der Waals surface area contributed by atoms with Gasteiger partial charge in [0.25, 0.3) is 0 Å². The Balaban J connectivity index is 1.79. The van der Waals surface area contributed by atoms with Crippen LogP contribution in [0.25, 0.3) is 11.3 Å².